The van der Waals surface area contributed by atoms with Crippen LogP contribution in [0, 0.1) is 0 Å². The summed E-state index contributed by atoms with van der Waals surface area (Å²) in [5, 5.41) is 8.70. The second kappa shape index (κ2) is 8.16. The minimum Gasteiger partial charge on any atom is -0.396 e. The molecule has 0 bridgehead atoms. The largest absolute Gasteiger partial charge is 0.396 e. The van der Waals surface area contributed by atoms with Gasteiger partial charge in [0.25, 0.3) is 10.2 Å². The molecule has 1 rings (SSSR count). The van der Waals surface area contributed by atoms with Gasteiger partial charge in [0.2, 0.25) is 0 Å². The molecular formula is C12H27N3O3S. The monoisotopic (exact) mass is 293 g/mol. The lowest BCUT2D eigenvalue weighted by molar-refractivity contribution is 0.249. The first-order valence-corrected chi connectivity index (χ1v) is 8.43. The molecule has 7 heteroatoms. The van der Waals surface area contributed by atoms with Crippen molar-refractivity contribution in [2.75, 3.05) is 40.3 Å². The van der Waals surface area contributed by atoms with Gasteiger partial charge in [-0.25, -0.2) is 4.72 Å². The van der Waals surface area contributed by atoms with Crippen molar-refractivity contribution in [3.8, 4) is 0 Å². The van der Waals surface area contributed by atoms with Gasteiger partial charge in [-0.3, -0.25) is 0 Å². The number of aliphatic hydroxyl groups is 1. The van der Waals surface area contributed by atoms with E-state index >= 15 is 0 Å². The number of nitrogens with one attached hydrogen (secondary N) is 1. The van der Waals surface area contributed by atoms with E-state index in [0.29, 0.717) is 25.6 Å². The van der Waals surface area contributed by atoms with Gasteiger partial charge in [0.1, 0.15) is 0 Å². The second-order valence-corrected chi connectivity index (χ2v) is 7.08. The minimum atomic E-state index is -3.41. The zero-order valence-electron chi connectivity index (χ0n) is 12.0. The van der Waals surface area contributed by atoms with E-state index in [2.05, 4.69) is 16.7 Å². The van der Waals surface area contributed by atoms with Crippen LogP contribution in [-0.2, 0) is 10.2 Å². The van der Waals surface area contributed by atoms with E-state index in [1.165, 1.54) is 37.0 Å². The first-order chi connectivity index (χ1) is 8.97. The van der Waals surface area contributed by atoms with Crippen LogP contribution in [-0.4, -0.2) is 69.1 Å². The molecule has 1 aliphatic carbocycles. The summed E-state index contributed by atoms with van der Waals surface area (Å²) in [5.74, 6) is 0. The molecule has 0 aromatic rings. The SMILES string of the molecule is CN(CCNS(=O)(=O)N(C)CCCO)C1CCCC1. The van der Waals surface area contributed by atoms with E-state index in [1.54, 1.807) is 0 Å². The van der Waals surface area contributed by atoms with E-state index in [-0.39, 0.29) is 6.61 Å². The quantitative estimate of drug-likeness (QED) is 0.628. The van der Waals surface area contributed by atoms with Crippen LogP contribution in [0.2, 0.25) is 0 Å². The molecule has 114 valence electrons. The Morgan fingerprint density at radius 3 is 2.42 bits per heavy atom. The van der Waals surface area contributed by atoms with Crippen molar-refractivity contribution in [2.24, 2.45) is 0 Å². The number of hydrogen-bond donors (Lipinski definition) is 2. The molecule has 1 fully saturated rings. The smallest absolute Gasteiger partial charge is 0.279 e. The first-order valence-electron chi connectivity index (χ1n) is 6.99. The molecule has 0 aromatic carbocycles. The fourth-order valence-corrected chi connectivity index (χ4v) is 3.34. The van der Waals surface area contributed by atoms with Crippen LogP contribution in [0.25, 0.3) is 0 Å². The summed E-state index contributed by atoms with van der Waals surface area (Å²) in [6.07, 6.45) is 5.47. The minimum absolute atomic E-state index is 0.00424. The van der Waals surface area contributed by atoms with Crippen molar-refractivity contribution < 1.29 is 13.5 Å². The Morgan fingerprint density at radius 2 is 1.84 bits per heavy atom. The predicted molar refractivity (Wildman–Crippen MR) is 76.1 cm³/mol. The Balaban J connectivity index is 2.26. The number of hydrogen-bond acceptors (Lipinski definition) is 4. The van der Waals surface area contributed by atoms with Crippen molar-refractivity contribution in [2.45, 2.75) is 38.1 Å². The van der Waals surface area contributed by atoms with Gasteiger partial charge in [-0.1, -0.05) is 12.8 Å². The predicted octanol–water partition coefficient (Wildman–Crippen LogP) is 0.00940. The van der Waals surface area contributed by atoms with Crippen LogP contribution in [0.5, 0.6) is 0 Å². The Bertz CT molecular complexity index is 342. The fourth-order valence-electron chi connectivity index (χ4n) is 2.40. The van der Waals surface area contributed by atoms with Crippen LogP contribution in [0.3, 0.4) is 0 Å². The normalized spacial score (nSPS) is 17.7. The lowest BCUT2D eigenvalue weighted by Gasteiger charge is -2.24. The fraction of sp³-hybridized carbons (Fsp3) is 1.00. The first kappa shape index (κ1) is 16.8. The maximum atomic E-state index is 11.9. The zero-order chi connectivity index (χ0) is 14.3. The highest BCUT2D eigenvalue weighted by molar-refractivity contribution is 7.87. The highest BCUT2D eigenvalue weighted by Crippen LogP contribution is 2.21. The molecule has 6 nitrogen and oxygen atoms in total. The van der Waals surface area contributed by atoms with Crippen molar-refractivity contribution in [1.29, 1.82) is 0 Å². The van der Waals surface area contributed by atoms with Crippen LogP contribution < -0.4 is 4.72 Å². The Labute approximate surface area is 117 Å². The van der Waals surface area contributed by atoms with Crippen molar-refractivity contribution in [3.63, 3.8) is 0 Å². The van der Waals surface area contributed by atoms with Crippen LogP contribution in [0.1, 0.15) is 32.1 Å². The number of nitrogens with zero attached hydrogens (tertiary/aromatic N) is 2. The summed E-state index contributed by atoms with van der Waals surface area (Å²) < 4.78 is 27.6. The van der Waals surface area contributed by atoms with Gasteiger partial charge in [-0.15, -0.1) is 0 Å². The topological polar surface area (TPSA) is 72.9 Å². The van der Waals surface area contributed by atoms with Gasteiger partial charge in [-0.05, 0) is 26.3 Å². The molecule has 0 heterocycles. The van der Waals surface area contributed by atoms with Crippen molar-refractivity contribution in [3.05, 3.63) is 0 Å². The molecule has 0 aromatic heterocycles. The molecule has 19 heavy (non-hydrogen) atoms. The lowest BCUT2D eigenvalue weighted by Crippen LogP contribution is -2.43. The average Bonchev–Trinajstić information content (AvgIpc) is 2.89. The number of likely N-dealkylation sites (N-methyl/N-ethyl adjacent to an activating group) is 1. The zero-order valence-corrected chi connectivity index (χ0v) is 12.8. The van der Waals surface area contributed by atoms with Gasteiger partial charge >= 0.3 is 0 Å². The maximum absolute atomic E-state index is 11.9. The van der Waals surface area contributed by atoms with Crippen LogP contribution in [0.4, 0.5) is 0 Å². The Morgan fingerprint density at radius 1 is 1.21 bits per heavy atom. The van der Waals surface area contributed by atoms with E-state index < -0.39 is 10.2 Å². The van der Waals surface area contributed by atoms with Gasteiger partial charge < -0.3 is 10.0 Å². The second-order valence-electron chi connectivity index (χ2n) is 5.22. The summed E-state index contributed by atoms with van der Waals surface area (Å²) in [7, 11) is 0.176. The molecule has 0 spiro atoms. The van der Waals surface area contributed by atoms with Gasteiger partial charge in [0.05, 0.1) is 0 Å². The lowest BCUT2D eigenvalue weighted by atomic mass is 10.2. The highest BCUT2D eigenvalue weighted by atomic mass is 32.2. The van der Waals surface area contributed by atoms with E-state index in [4.69, 9.17) is 5.11 Å². The molecular weight excluding hydrogens is 266 g/mol. The Hall–Kier alpha value is -0.210. The molecule has 2 N–H and O–H groups in total. The molecule has 0 atom stereocenters. The van der Waals surface area contributed by atoms with Gasteiger partial charge in [0, 0.05) is 39.3 Å². The van der Waals surface area contributed by atoms with E-state index in [9.17, 15) is 8.42 Å². The number of rotatable bonds is 9. The number of aliphatic hydroxyl groups excluding tert-OH is 1. The van der Waals surface area contributed by atoms with E-state index in [1.807, 2.05) is 0 Å². The summed E-state index contributed by atoms with van der Waals surface area (Å²) in [4.78, 5) is 2.24. The summed E-state index contributed by atoms with van der Waals surface area (Å²) in [5.41, 5.74) is 0. The third-order valence-corrected chi connectivity index (χ3v) is 5.31. The summed E-state index contributed by atoms with van der Waals surface area (Å²) in [6.45, 7) is 1.51. The van der Waals surface area contributed by atoms with Crippen LogP contribution in [0.15, 0.2) is 0 Å². The molecule has 0 saturated heterocycles. The Kier molecular flexibility index (Phi) is 7.23. The molecule has 0 aliphatic heterocycles. The average molecular weight is 293 g/mol. The standard InChI is InChI=1S/C12H27N3O3S/c1-14(12-6-3-4-7-12)10-8-13-19(17,18)15(2)9-5-11-16/h12-13,16H,3-11H2,1-2H3. The van der Waals surface area contributed by atoms with E-state index in [0.717, 1.165) is 6.54 Å². The maximum Gasteiger partial charge on any atom is 0.279 e. The van der Waals surface area contributed by atoms with Crippen molar-refractivity contribution in [1.82, 2.24) is 13.9 Å². The molecule has 0 unspecified atom stereocenters. The summed E-state index contributed by atoms with van der Waals surface area (Å²) in [6, 6.07) is 0.608. The molecule has 0 amide bonds. The molecule has 1 saturated carbocycles. The molecule has 0 radical (unpaired) electrons. The van der Waals surface area contributed by atoms with Crippen molar-refractivity contribution >= 4 is 10.2 Å². The third-order valence-electron chi connectivity index (χ3n) is 3.74. The van der Waals surface area contributed by atoms with Crippen LogP contribution >= 0.6 is 0 Å². The molecule has 1 aliphatic rings. The summed E-state index contributed by atoms with van der Waals surface area (Å²) >= 11 is 0. The highest BCUT2D eigenvalue weighted by Gasteiger charge is 2.20. The van der Waals surface area contributed by atoms with Gasteiger partial charge in [0.15, 0.2) is 0 Å². The van der Waals surface area contributed by atoms with Gasteiger partial charge in [-0.2, -0.15) is 12.7 Å². The third kappa shape index (κ3) is 5.74.